The maximum atomic E-state index is 13.2. The van der Waals surface area contributed by atoms with E-state index in [-0.39, 0.29) is 22.2 Å². The molecule has 0 fully saturated rings. The van der Waals surface area contributed by atoms with E-state index < -0.39 is 15.8 Å². The van der Waals surface area contributed by atoms with Gasteiger partial charge in [0.1, 0.15) is 16.5 Å². The number of hydrogen-bond donors (Lipinski definition) is 2. The Hall–Kier alpha value is -1.77. The minimum absolute atomic E-state index is 0.0424. The number of halogens is 2. The predicted molar refractivity (Wildman–Crippen MR) is 76.6 cm³/mol. The third-order valence-electron chi connectivity index (χ3n) is 2.62. The van der Waals surface area contributed by atoms with E-state index in [1.165, 1.54) is 6.20 Å². The van der Waals surface area contributed by atoms with Gasteiger partial charge in [0.2, 0.25) is 10.0 Å². The zero-order chi connectivity index (χ0) is 15.6. The molecule has 6 nitrogen and oxygen atoms in total. The van der Waals surface area contributed by atoms with Crippen LogP contribution in [0.15, 0.2) is 29.3 Å². The van der Waals surface area contributed by atoms with E-state index in [1.807, 2.05) is 0 Å². The van der Waals surface area contributed by atoms with E-state index >= 15 is 0 Å². The summed E-state index contributed by atoms with van der Waals surface area (Å²) in [6.07, 6.45) is 1.52. The highest BCUT2D eigenvalue weighted by Crippen LogP contribution is 2.26. The third-order valence-corrected chi connectivity index (χ3v) is 4.48. The van der Waals surface area contributed by atoms with Crippen molar-refractivity contribution in [2.45, 2.75) is 18.4 Å². The van der Waals surface area contributed by atoms with Gasteiger partial charge in [-0.3, -0.25) is 0 Å². The summed E-state index contributed by atoms with van der Waals surface area (Å²) < 4.78 is 39.8. The summed E-state index contributed by atoms with van der Waals surface area (Å²) in [5, 5.41) is -0.243. The van der Waals surface area contributed by atoms with Crippen molar-refractivity contribution in [2.24, 2.45) is 0 Å². The number of anilines is 1. The Bertz CT molecular complexity index is 783. The van der Waals surface area contributed by atoms with Crippen LogP contribution in [0.2, 0.25) is 5.02 Å². The van der Waals surface area contributed by atoms with E-state index in [1.54, 1.807) is 13.0 Å². The highest BCUT2D eigenvalue weighted by molar-refractivity contribution is 7.89. The first-order valence-corrected chi connectivity index (χ1v) is 7.68. The van der Waals surface area contributed by atoms with E-state index in [0.29, 0.717) is 11.5 Å². The van der Waals surface area contributed by atoms with Crippen LogP contribution >= 0.6 is 11.6 Å². The predicted octanol–water partition coefficient (Wildman–Crippen LogP) is 1.64. The molecule has 0 radical (unpaired) electrons. The van der Waals surface area contributed by atoms with Crippen molar-refractivity contribution < 1.29 is 12.8 Å². The molecule has 1 aromatic carbocycles. The van der Waals surface area contributed by atoms with Gasteiger partial charge < -0.3 is 5.73 Å². The normalized spacial score (nSPS) is 11.6. The number of nitrogens with two attached hydrogens (primary N) is 1. The Kier molecular flexibility index (Phi) is 4.40. The number of benzene rings is 1. The van der Waals surface area contributed by atoms with Crippen molar-refractivity contribution in [3.05, 3.63) is 46.8 Å². The van der Waals surface area contributed by atoms with Crippen LogP contribution in [0.4, 0.5) is 10.1 Å². The minimum Gasteiger partial charge on any atom is -0.396 e. The van der Waals surface area contributed by atoms with Gasteiger partial charge in [-0.25, -0.2) is 27.5 Å². The second kappa shape index (κ2) is 5.92. The summed E-state index contributed by atoms with van der Waals surface area (Å²) in [7, 11) is -3.93. The van der Waals surface area contributed by atoms with Gasteiger partial charge in [0.15, 0.2) is 0 Å². The summed E-state index contributed by atoms with van der Waals surface area (Å²) in [5.74, 6) is -0.249. The Morgan fingerprint density at radius 1 is 1.43 bits per heavy atom. The zero-order valence-electron chi connectivity index (χ0n) is 11.0. The Morgan fingerprint density at radius 3 is 2.81 bits per heavy atom. The van der Waals surface area contributed by atoms with Crippen molar-refractivity contribution in [1.82, 2.24) is 14.7 Å². The van der Waals surface area contributed by atoms with Crippen LogP contribution in [0.3, 0.4) is 0 Å². The summed E-state index contributed by atoms with van der Waals surface area (Å²) in [6.45, 7) is 1.65. The molecule has 0 unspecified atom stereocenters. The van der Waals surface area contributed by atoms with Gasteiger partial charge in [-0.2, -0.15) is 0 Å². The van der Waals surface area contributed by atoms with Crippen molar-refractivity contribution in [2.75, 3.05) is 5.73 Å². The fraction of sp³-hybridized carbons (Fsp3) is 0.167. The SMILES string of the molecule is Cc1nccc(CNS(=O)(=O)c2cc(N)c(F)cc2Cl)n1. The first-order valence-electron chi connectivity index (χ1n) is 5.82. The monoisotopic (exact) mass is 330 g/mol. The third kappa shape index (κ3) is 3.66. The minimum atomic E-state index is -3.93. The van der Waals surface area contributed by atoms with Gasteiger partial charge in [0.25, 0.3) is 0 Å². The molecule has 1 heterocycles. The Labute approximate surface area is 126 Å². The molecule has 0 aliphatic carbocycles. The number of hydrogen-bond acceptors (Lipinski definition) is 5. The number of aryl methyl sites for hydroxylation is 1. The standard InChI is InChI=1S/C12H12ClFN4O2S/c1-7-16-3-2-8(18-7)6-17-21(19,20)12-5-11(15)10(14)4-9(12)13/h2-5,17H,6,15H2,1H3. The van der Waals surface area contributed by atoms with Gasteiger partial charge in [-0.1, -0.05) is 11.6 Å². The van der Waals surface area contributed by atoms with Crippen LogP contribution < -0.4 is 10.5 Å². The molecule has 0 atom stereocenters. The van der Waals surface area contributed by atoms with Crippen LogP contribution in [-0.2, 0) is 16.6 Å². The van der Waals surface area contributed by atoms with Gasteiger partial charge in [0, 0.05) is 6.20 Å². The lowest BCUT2D eigenvalue weighted by molar-refractivity contribution is 0.579. The highest BCUT2D eigenvalue weighted by Gasteiger charge is 2.20. The fourth-order valence-corrected chi connectivity index (χ4v) is 3.15. The molecule has 0 aliphatic rings. The molecule has 112 valence electrons. The van der Waals surface area contributed by atoms with Crippen LogP contribution in [-0.4, -0.2) is 18.4 Å². The number of aromatic nitrogens is 2. The van der Waals surface area contributed by atoms with Gasteiger partial charge in [-0.05, 0) is 25.1 Å². The second-order valence-corrected chi connectivity index (χ2v) is 6.37. The number of rotatable bonds is 4. The second-order valence-electron chi connectivity index (χ2n) is 4.22. The molecule has 0 aliphatic heterocycles. The fourth-order valence-electron chi connectivity index (χ4n) is 1.60. The van der Waals surface area contributed by atoms with Gasteiger partial charge >= 0.3 is 0 Å². The highest BCUT2D eigenvalue weighted by atomic mass is 35.5. The smallest absolute Gasteiger partial charge is 0.242 e. The van der Waals surface area contributed by atoms with E-state index in [2.05, 4.69) is 14.7 Å². The molecule has 0 saturated carbocycles. The lowest BCUT2D eigenvalue weighted by Crippen LogP contribution is -2.24. The van der Waals surface area contributed by atoms with Gasteiger partial charge in [-0.15, -0.1) is 0 Å². The van der Waals surface area contributed by atoms with Crippen LogP contribution in [0, 0.1) is 12.7 Å². The molecule has 1 aromatic heterocycles. The lowest BCUT2D eigenvalue weighted by Gasteiger charge is -2.09. The first-order chi connectivity index (χ1) is 9.79. The molecule has 0 bridgehead atoms. The average molecular weight is 331 g/mol. The van der Waals surface area contributed by atoms with Crippen molar-refractivity contribution >= 4 is 27.3 Å². The molecule has 0 amide bonds. The lowest BCUT2D eigenvalue weighted by atomic mass is 10.3. The number of sulfonamides is 1. The number of nitrogens with zero attached hydrogens (tertiary/aromatic N) is 2. The molecule has 0 saturated heterocycles. The molecule has 21 heavy (non-hydrogen) atoms. The molecule has 0 spiro atoms. The average Bonchev–Trinajstić information content (AvgIpc) is 2.41. The Balaban J connectivity index is 2.25. The molecular formula is C12H12ClFN4O2S. The summed E-state index contributed by atoms with van der Waals surface area (Å²) in [4.78, 5) is 7.69. The van der Waals surface area contributed by atoms with E-state index in [9.17, 15) is 12.8 Å². The van der Waals surface area contributed by atoms with Crippen LogP contribution in [0.5, 0.6) is 0 Å². The maximum Gasteiger partial charge on any atom is 0.242 e. The van der Waals surface area contributed by atoms with Gasteiger partial charge in [0.05, 0.1) is 22.9 Å². The molecule has 2 rings (SSSR count). The molecule has 9 heteroatoms. The van der Waals surface area contributed by atoms with Crippen molar-refractivity contribution in [1.29, 1.82) is 0 Å². The largest absolute Gasteiger partial charge is 0.396 e. The summed E-state index contributed by atoms with van der Waals surface area (Å²) in [5.41, 5.74) is 5.57. The summed E-state index contributed by atoms with van der Waals surface area (Å²) >= 11 is 5.75. The van der Waals surface area contributed by atoms with Crippen molar-refractivity contribution in [3.8, 4) is 0 Å². The first kappa shape index (κ1) is 15.6. The number of nitrogen functional groups attached to an aromatic ring is 1. The van der Waals surface area contributed by atoms with E-state index in [0.717, 1.165) is 12.1 Å². The zero-order valence-corrected chi connectivity index (χ0v) is 12.5. The Morgan fingerprint density at radius 2 is 2.14 bits per heavy atom. The quantitative estimate of drug-likeness (QED) is 0.830. The number of nitrogens with one attached hydrogen (secondary N) is 1. The van der Waals surface area contributed by atoms with Crippen LogP contribution in [0.1, 0.15) is 11.5 Å². The molecule has 3 N–H and O–H groups in total. The van der Waals surface area contributed by atoms with Crippen molar-refractivity contribution in [3.63, 3.8) is 0 Å². The topological polar surface area (TPSA) is 98.0 Å². The maximum absolute atomic E-state index is 13.2. The van der Waals surface area contributed by atoms with E-state index in [4.69, 9.17) is 17.3 Å². The molecule has 2 aromatic rings. The summed E-state index contributed by atoms with van der Waals surface area (Å²) in [6, 6.07) is 3.42. The molecular weight excluding hydrogens is 319 g/mol. The van der Waals surface area contributed by atoms with Crippen LogP contribution in [0.25, 0.3) is 0 Å².